The van der Waals surface area contributed by atoms with Crippen LogP contribution in [-0.2, 0) is 0 Å². The van der Waals surface area contributed by atoms with E-state index in [0.717, 1.165) is 16.8 Å². The van der Waals surface area contributed by atoms with Gasteiger partial charge in [-0.25, -0.2) is 4.98 Å². The zero-order valence-electron chi connectivity index (χ0n) is 14.7. The summed E-state index contributed by atoms with van der Waals surface area (Å²) in [6.45, 7) is 6.27. The number of nitrogens with one attached hydrogen (secondary N) is 1. The van der Waals surface area contributed by atoms with Crippen LogP contribution in [0.2, 0.25) is 0 Å². The van der Waals surface area contributed by atoms with Gasteiger partial charge in [-0.15, -0.1) is 11.3 Å². The van der Waals surface area contributed by atoms with Gasteiger partial charge in [0.05, 0.1) is 16.8 Å². The summed E-state index contributed by atoms with van der Waals surface area (Å²) in [6.07, 6.45) is 1.60. The van der Waals surface area contributed by atoms with Crippen molar-refractivity contribution in [1.82, 2.24) is 4.98 Å². The van der Waals surface area contributed by atoms with Crippen molar-refractivity contribution < 1.29 is 4.92 Å². The molecule has 0 saturated carbocycles. The number of rotatable bonds is 5. The normalized spacial score (nSPS) is 11.0. The minimum atomic E-state index is -0.425. The average molecular weight is 366 g/mol. The molecule has 0 amide bonds. The van der Waals surface area contributed by atoms with Gasteiger partial charge < -0.3 is 0 Å². The highest BCUT2D eigenvalue weighted by molar-refractivity contribution is 7.14. The Morgan fingerprint density at radius 1 is 1.15 bits per heavy atom. The first-order valence-corrected chi connectivity index (χ1v) is 8.89. The highest BCUT2D eigenvalue weighted by Gasteiger charge is 2.10. The fraction of sp³-hybridized carbons (Fsp3) is 0.158. The highest BCUT2D eigenvalue weighted by atomic mass is 32.1. The smallest absolute Gasteiger partial charge is 0.258 e. The van der Waals surface area contributed by atoms with Crippen molar-refractivity contribution in [3.8, 4) is 11.3 Å². The third kappa shape index (κ3) is 3.94. The largest absolute Gasteiger partial charge is 0.269 e. The third-order valence-electron chi connectivity index (χ3n) is 3.92. The lowest BCUT2D eigenvalue weighted by atomic mass is 9.98. The predicted molar refractivity (Wildman–Crippen MR) is 106 cm³/mol. The number of aromatic nitrogens is 1. The van der Waals surface area contributed by atoms with Gasteiger partial charge in [0.1, 0.15) is 0 Å². The van der Waals surface area contributed by atoms with Gasteiger partial charge in [-0.2, -0.15) is 5.10 Å². The SMILES string of the molecule is Cc1cc(C)c(-c2csc(N/N=C\c3ccc([N+](=O)[O-])cc3)n2)c(C)c1. The van der Waals surface area contributed by atoms with Crippen molar-refractivity contribution in [3.05, 3.63) is 74.1 Å². The van der Waals surface area contributed by atoms with Crippen LogP contribution in [0.1, 0.15) is 22.3 Å². The van der Waals surface area contributed by atoms with E-state index >= 15 is 0 Å². The zero-order valence-corrected chi connectivity index (χ0v) is 15.5. The fourth-order valence-electron chi connectivity index (χ4n) is 2.87. The molecule has 2 aromatic carbocycles. The van der Waals surface area contributed by atoms with Gasteiger partial charge in [-0.3, -0.25) is 15.5 Å². The van der Waals surface area contributed by atoms with Crippen LogP contribution < -0.4 is 5.43 Å². The molecule has 26 heavy (non-hydrogen) atoms. The van der Waals surface area contributed by atoms with Gasteiger partial charge in [-0.05, 0) is 49.6 Å². The monoisotopic (exact) mass is 366 g/mol. The Morgan fingerprint density at radius 2 is 1.81 bits per heavy atom. The molecule has 0 atom stereocenters. The molecular weight excluding hydrogens is 348 g/mol. The highest BCUT2D eigenvalue weighted by Crippen LogP contribution is 2.31. The first-order valence-electron chi connectivity index (χ1n) is 8.01. The van der Waals surface area contributed by atoms with Crippen molar-refractivity contribution in [2.75, 3.05) is 5.43 Å². The molecule has 7 heteroatoms. The van der Waals surface area contributed by atoms with Gasteiger partial charge in [0.2, 0.25) is 5.13 Å². The maximum Gasteiger partial charge on any atom is 0.269 e. The number of nitrogens with zero attached hydrogens (tertiary/aromatic N) is 3. The molecule has 132 valence electrons. The van der Waals surface area contributed by atoms with Crippen molar-refractivity contribution in [2.24, 2.45) is 5.10 Å². The predicted octanol–water partition coefficient (Wildman–Crippen LogP) is 5.09. The number of nitro groups is 1. The first kappa shape index (κ1) is 17.8. The minimum Gasteiger partial charge on any atom is -0.258 e. The number of hydrogen-bond acceptors (Lipinski definition) is 6. The number of aryl methyl sites for hydroxylation is 3. The molecule has 0 unspecified atom stereocenters. The van der Waals surface area contributed by atoms with E-state index < -0.39 is 4.92 Å². The number of benzene rings is 2. The van der Waals surface area contributed by atoms with Crippen molar-refractivity contribution in [1.29, 1.82) is 0 Å². The van der Waals surface area contributed by atoms with Crippen LogP contribution in [0.15, 0.2) is 46.9 Å². The molecule has 0 aliphatic heterocycles. The van der Waals surface area contributed by atoms with Crippen LogP contribution in [0, 0.1) is 30.9 Å². The lowest BCUT2D eigenvalue weighted by Gasteiger charge is -2.08. The Morgan fingerprint density at radius 3 is 2.42 bits per heavy atom. The Hall–Kier alpha value is -3.06. The van der Waals surface area contributed by atoms with Crippen LogP contribution in [0.3, 0.4) is 0 Å². The van der Waals surface area contributed by atoms with Gasteiger partial charge in [-0.1, -0.05) is 17.7 Å². The molecule has 3 aromatic rings. The van der Waals surface area contributed by atoms with Crippen LogP contribution >= 0.6 is 11.3 Å². The fourth-order valence-corrected chi connectivity index (χ4v) is 3.52. The summed E-state index contributed by atoms with van der Waals surface area (Å²) in [7, 11) is 0. The molecule has 0 aliphatic rings. The van der Waals surface area contributed by atoms with Crippen LogP contribution in [0.4, 0.5) is 10.8 Å². The van der Waals surface area contributed by atoms with Crippen molar-refractivity contribution >= 4 is 28.4 Å². The summed E-state index contributed by atoms with van der Waals surface area (Å²) in [5.41, 5.74) is 9.47. The summed E-state index contributed by atoms with van der Waals surface area (Å²) in [5.74, 6) is 0. The number of nitro benzene ring substituents is 1. The Balaban J connectivity index is 1.72. The van der Waals surface area contributed by atoms with E-state index in [-0.39, 0.29) is 5.69 Å². The minimum absolute atomic E-state index is 0.0588. The number of thiazole rings is 1. The molecule has 0 fully saturated rings. The number of hydrazone groups is 1. The van der Waals surface area contributed by atoms with Gasteiger partial charge in [0, 0.05) is 23.1 Å². The standard InChI is InChI=1S/C19H18N4O2S/c1-12-8-13(2)18(14(3)9-12)17-11-26-19(21-17)22-20-10-15-4-6-16(7-5-15)23(24)25/h4-11H,1-3H3,(H,21,22)/b20-10-. The summed E-state index contributed by atoms with van der Waals surface area (Å²) >= 11 is 1.48. The van der Waals surface area contributed by atoms with Crippen LogP contribution in [0.25, 0.3) is 11.3 Å². The van der Waals surface area contributed by atoms with E-state index in [1.54, 1.807) is 18.3 Å². The van der Waals surface area contributed by atoms with E-state index in [9.17, 15) is 10.1 Å². The summed E-state index contributed by atoms with van der Waals surface area (Å²) < 4.78 is 0. The molecule has 0 aliphatic carbocycles. The molecular formula is C19H18N4O2S. The van der Waals surface area contributed by atoms with Gasteiger partial charge in [0.25, 0.3) is 5.69 Å². The molecule has 0 radical (unpaired) electrons. The molecule has 1 aromatic heterocycles. The maximum atomic E-state index is 10.6. The molecule has 0 bridgehead atoms. The maximum absolute atomic E-state index is 10.6. The van der Waals surface area contributed by atoms with Crippen molar-refractivity contribution in [2.45, 2.75) is 20.8 Å². The summed E-state index contributed by atoms with van der Waals surface area (Å²) in [5, 5.41) is 17.5. The zero-order chi connectivity index (χ0) is 18.7. The van der Waals surface area contributed by atoms with E-state index in [1.807, 2.05) is 5.38 Å². The molecule has 0 spiro atoms. The molecule has 0 saturated heterocycles. The van der Waals surface area contributed by atoms with E-state index in [4.69, 9.17) is 0 Å². The second-order valence-electron chi connectivity index (χ2n) is 6.03. The van der Waals surface area contributed by atoms with E-state index in [2.05, 4.69) is 48.4 Å². The number of anilines is 1. The molecule has 1 N–H and O–H groups in total. The second kappa shape index (κ2) is 7.45. The third-order valence-corrected chi connectivity index (χ3v) is 4.66. The molecule has 3 rings (SSSR count). The van der Waals surface area contributed by atoms with Gasteiger partial charge in [0.15, 0.2) is 0 Å². The first-order chi connectivity index (χ1) is 12.4. The lowest BCUT2D eigenvalue weighted by molar-refractivity contribution is -0.384. The quantitative estimate of drug-likeness (QED) is 0.387. The Labute approximate surface area is 155 Å². The van der Waals surface area contributed by atoms with E-state index in [0.29, 0.717) is 5.13 Å². The lowest BCUT2D eigenvalue weighted by Crippen LogP contribution is -1.93. The van der Waals surface area contributed by atoms with Gasteiger partial charge >= 0.3 is 0 Å². The summed E-state index contributed by atoms with van der Waals surface area (Å²) in [6, 6.07) is 10.5. The van der Waals surface area contributed by atoms with Crippen LogP contribution in [-0.4, -0.2) is 16.1 Å². The molecule has 1 heterocycles. The average Bonchev–Trinajstić information content (AvgIpc) is 3.03. The second-order valence-corrected chi connectivity index (χ2v) is 6.89. The summed E-state index contributed by atoms with van der Waals surface area (Å²) in [4.78, 5) is 14.8. The topological polar surface area (TPSA) is 80.4 Å². The Bertz CT molecular complexity index is 954. The number of non-ortho nitro benzene ring substituents is 1. The Kier molecular flexibility index (Phi) is 5.09. The number of hydrogen-bond donors (Lipinski definition) is 1. The molecule has 6 nitrogen and oxygen atoms in total. The van der Waals surface area contributed by atoms with Crippen molar-refractivity contribution in [3.63, 3.8) is 0 Å². The van der Waals surface area contributed by atoms with Crippen LogP contribution in [0.5, 0.6) is 0 Å². The van der Waals surface area contributed by atoms with E-state index in [1.165, 1.54) is 40.2 Å².